The van der Waals surface area contributed by atoms with Crippen molar-refractivity contribution in [1.29, 1.82) is 0 Å². The average Bonchev–Trinajstić information content (AvgIpc) is 3.54. The fraction of sp³-hybridized carbons (Fsp3) is 0.400. The molecule has 15 heteroatoms. The largest absolute Gasteiger partial charge is 0.334 e. The van der Waals surface area contributed by atoms with Gasteiger partial charge in [0.25, 0.3) is 5.89 Å². The zero-order valence-electron chi connectivity index (χ0n) is 21.7. The van der Waals surface area contributed by atoms with Crippen LogP contribution in [-0.4, -0.2) is 80.4 Å². The summed E-state index contributed by atoms with van der Waals surface area (Å²) >= 11 is 13.4. The number of sulfonamides is 1. The first-order valence-corrected chi connectivity index (χ1v) is 16.8. The topological polar surface area (TPSA) is 143 Å². The van der Waals surface area contributed by atoms with Gasteiger partial charge in [-0.3, -0.25) is 0 Å². The number of rotatable bonds is 7. The number of nitrogens with one attached hydrogen (secondary N) is 1. The Balaban J connectivity index is 1.31. The Labute approximate surface area is 242 Å². The maximum atomic E-state index is 12.8. The van der Waals surface area contributed by atoms with Crippen LogP contribution in [0.3, 0.4) is 0 Å². The third-order valence-corrected chi connectivity index (χ3v) is 10.8. The molecule has 0 atom stereocenters. The van der Waals surface area contributed by atoms with Crippen LogP contribution in [0.4, 0.5) is 10.5 Å². The van der Waals surface area contributed by atoms with Crippen molar-refractivity contribution in [2.75, 3.05) is 43.5 Å². The third kappa shape index (κ3) is 5.57. The van der Waals surface area contributed by atoms with Crippen molar-refractivity contribution in [3.63, 3.8) is 0 Å². The lowest BCUT2D eigenvalue weighted by Crippen LogP contribution is -2.51. The predicted octanol–water partition coefficient (Wildman–Crippen LogP) is 4.03. The molecule has 1 N–H and O–H groups in total. The van der Waals surface area contributed by atoms with E-state index >= 15 is 0 Å². The van der Waals surface area contributed by atoms with Gasteiger partial charge in [0, 0.05) is 59.3 Å². The summed E-state index contributed by atoms with van der Waals surface area (Å²) in [7, 11) is -6.63. The Bertz CT molecular complexity index is 1640. The van der Waals surface area contributed by atoms with Gasteiger partial charge >= 0.3 is 6.03 Å². The molecule has 1 saturated carbocycles. The molecular formula is C25H27Cl2N5O6S2. The second kappa shape index (κ2) is 10.6. The van der Waals surface area contributed by atoms with E-state index in [0.717, 1.165) is 6.26 Å². The van der Waals surface area contributed by atoms with Crippen LogP contribution in [0.15, 0.2) is 45.8 Å². The predicted molar refractivity (Wildman–Crippen MR) is 151 cm³/mol. The molecule has 2 heterocycles. The summed E-state index contributed by atoms with van der Waals surface area (Å²) in [4.78, 5) is 19.1. The zero-order valence-corrected chi connectivity index (χ0v) is 24.9. The fourth-order valence-electron chi connectivity index (χ4n) is 4.75. The van der Waals surface area contributed by atoms with Gasteiger partial charge in [-0.05, 0) is 56.2 Å². The van der Waals surface area contributed by atoms with Crippen LogP contribution in [-0.2, 0) is 25.3 Å². The molecule has 40 heavy (non-hydrogen) atoms. The summed E-state index contributed by atoms with van der Waals surface area (Å²) in [6, 6.07) is 9.02. The van der Waals surface area contributed by atoms with Crippen molar-refractivity contribution in [3.05, 3.63) is 57.8 Å². The van der Waals surface area contributed by atoms with E-state index in [0.29, 0.717) is 45.5 Å². The highest BCUT2D eigenvalue weighted by Crippen LogP contribution is 2.57. The number of nitrogens with zero attached hydrogens (tertiary/aromatic N) is 4. The number of benzene rings is 2. The van der Waals surface area contributed by atoms with Gasteiger partial charge in [0.1, 0.15) is 0 Å². The molecular weight excluding hydrogens is 601 g/mol. The first-order chi connectivity index (χ1) is 18.8. The smallest absolute Gasteiger partial charge is 0.321 e. The number of urea groups is 1. The van der Waals surface area contributed by atoms with E-state index in [4.69, 9.17) is 27.7 Å². The second-order valence-corrected chi connectivity index (χ2v) is 14.9. The lowest BCUT2D eigenvalue weighted by molar-refractivity contribution is 0.184. The summed E-state index contributed by atoms with van der Waals surface area (Å²) in [5.41, 5.74) is 0.965. The van der Waals surface area contributed by atoms with Crippen LogP contribution in [0.1, 0.15) is 31.2 Å². The van der Waals surface area contributed by atoms with Crippen LogP contribution >= 0.6 is 23.2 Å². The Hall–Kier alpha value is -2.71. The Morgan fingerprint density at radius 3 is 2.15 bits per heavy atom. The highest BCUT2D eigenvalue weighted by Gasteiger charge is 2.52. The van der Waals surface area contributed by atoms with Crippen molar-refractivity contribution in [2.45, 2.75) is 30.1 Å². The Morgan fingerprint density at radius 2 is 1.62 bits per heavy atom. The maximum Gasteiger partial charge on any atom is 0.321 e. The highest BCUT2D eigenvalue weighted by atomic mass is 35.5. The summed E-state index contributed by atoms with van der Waals surface area (Å²) < 4.78 is 54.5. The van der Waals surface area contributed by atoms with Crippen LogP contribution in [0, 0.1) is 0 Å². The van der Waals surface area contributed by atoms with Gasteiger partial charge in [-0.15, -0.1) is 0 Å². The molecule has 0 radical (unpaired) electrons. The highest BCUT2D eigenvalue weighted by molar-refractivity contribution is 7.90. The summed E-state index contributed by atoms with van der Waals surface area (Å²) in [5, 5.41) is 7.64. The number of carbonyl (C=O) groups excluding carboxylic acids is 1. The van der Waals surface area contributed by atoms with Crippen LogP contribution in [0.5, 0.6) is 0 Å². The first-order valence-electron chi connectivity index (χ1n) is 12.5. The van der Waals surface area contributed by atoms with Crippen LogP contribution in [0.2, 0.25) is 10.0 Å². The number of amides is 2. The fourth-order valence-corrected chi connectivity index (χ4v) is 7.31. The Morgan fingerprint density at radius 1 is 1.02 bits per heavy atom. The minimum atomic E-state index is -3.33. The van der Waals surface area contributed by atoms with Gasteiger partial charge in [0.05, 0.1) is 16.1 Å². The van der Waals surface area contributed by atoms with Crippen LogP contribution < -0.4 is 5.32 Å². The minimum absolute atomic E-state index is 0.0215. The maximum absolute atomic E-state index is 12.8. The van der Waals surface area contributed by atoms with Crippen LogP contribution in [0.25, 0.3) is 11.5 Å². The number of halogens is 2. The lowest BCUT2D eigenvalue weighted by Gasteiger charge is -2.33. The average molecular weight is 629 g/mol. The third-order valence-electron chi connectivity index (χ3n) is 7.19. The molecule has 0 unspecified atom stereocenters. The van der Waals surface area contributed by atoms with Gasteiger partial charge in [0.2, 0.25) is 10.0 Å². The van der Waals surface area contributed by atoms with Crippen molar-refractivity contribution >= 4 is 54.8 Å². The molecule has 2 fully saturated rings. The Kier molecular flexibility index (Phi) is 7.64. The quantitative estimate of drug-likeness (QED) is 0.414. The molecule has 2 aliphatic rings. The molecule has 11 nitrogen and oxygen atoms in total. The number of hydrogen-bond donors (Lipinski definition) is 1. The van der Waals surface area contributed by atoms with Gasteiger partial charge < -0.3 is 14.7 Å². The number of anilines is 1. The normalized spacial score (nSPS) is 17.6. The number of sulfone groups is 1. The first kappa shape index (κ1) is 28.8. The number of aromatic nitrogens is 2. The van der Waals surface area contributed by atoms with E-state index in [2.05, 4.69) is 15.5 Å². The van der Waals surface area contributed by atoms with Crippen molar-refractivity contribution < 1.29 is 26.2 Å². The van der Waals surface area contributed by atoms with E-state index in [1.165, 1.54) is 16.4 Å². The molecule has 5 rings (SSSR count). The molecule has 2 amide bonds. The molecule has 0 spiro atoms. The lowest BCUT2D eigenvalue weighted by atomic mass is 9.94. The molecule has 1 aliphatic carbocycles. The molecule has 1 aromatic heterocycles. The van der Waals surface area contributed by atoms with Crippen molar-refractivity contribution in [3.8, 4) is 11.5 Å². The molecule has 3 aromatic rings. The molecule has 214 valence electrons. The van der Waals surface area contributed by atoms with Crippen molar-refractivity contribution in [2.24, 2.45) is 0 Å². The van der Waals surface area contributed by atoms with E-state index < -0.39 is 25.3 Å². The monoisotopic (exact) mass is 627 g/mol. The SMILES string of the molecule is CCS(=O)(=O)N1CCN(C(=O)Nc2cc(Cl)c(C3(c4noc(-c5ccc(S(C)(=O)=O)cc5)n4)CC3)c(Cl)c2)CC1. The summed E-state index contributed by atoms with van der Waals surface area (Å²) in [6.07, 6.45) is 2.51. The number of carbonyl (C=O) groups is 1. The van der Waals surface area contributed by atoms with Crippen molar-refractivity contribution in [1.82, 2.24) is 19.3 Å². The second-order valence-electron chi connectivity index (χ2n) is 9.83. The van der Waals surface area contributed by atoms with Gasteiger partial charge in [-0.2, -0.15) is 9.29 Å². The summed E-state index contributed by atoms with van der Waals surface area (Å²) in [5.74, 6) is 0.674. The van der Waals surface area contributed by atoms with E-state index in [-0.39, 0.29) is 48.7 Å². The van der Waals surface area contributed by atoms with Gasteiger partial charge in [-0.1, -0.05) is 28.4 Å². The number of piperazine rings is 1. The van der Waals surface area contributed by atoms with Gasteiger partial charge in [-0.25, -0.2) is 21.6 Å². The number of hydrogen-bond acceptors (Lipinski definition) is 8. The van der Waals surface area contributed by atoms with E-state index in [1.54, 1.807) is 36.1 Å². The molecule has 0 bridgehead atoms. The van der Waals surface area contributed by atoms with E-state index in [9.17, 15) is 21.6 Å². The molecule has 1 aliphatic heterocycles. The zero-order chi connectivity index (χ0) is 28.9. The summed E-state index contributed by atoms with van der Waals surface area (Å²) in [6.45, 7) is 2.61. The van der Waals surface area contributed by atoms with Gasteiger partial charge in [0.15, 0.2) is 15.7 Å². The van der Waals surface area contributed by atoms with E-state index in [1.807, 2.05) is 0 Å². The minimum Gasteiger partial charge on any atom is -0.334 e. The standard InChI is InChI=1S/C25H27Cl2N5O6S2/c1-3-40(36,37)32-12-10-31(11-13-32)24(33)28-17-14-19(26)21(20(27)15-17)25(8-9-25)23-29-22(38-30-23)16-4-6-18(7-5-16)39(2,34)35/h4-7,14-15H,3,8-13H2,1-2H3,(H,28,33). The molecule has 2 aromatic carbocycles. The molecule has 1 saturated heterocycles.